The molecule has 0 unspecified atom stereocenters. The van der Waals surface area contributed by atoms with E-state index in [0.717, 1.165) is 43.4 Å². The van der Waals surface area contributed by atoms with Gasteiger partial charge in [0.25, 0.3) is 0 Å². The van der Waals surface area contributed by atoms with Crippen molar-refractivity contribution >= 4 is 16.7 Å². The number of rotatable bonds is 4. The summed E-state index contributed by atoms with van der Waals surface area (Å²) >= 11 is 1.39. The van der Waals surface area contributed by atoms with Crippen LogP contribution in [0, 0.1) is 12.7 Å². The quantitative estimate of drug-likeness (QED) is 0.697. The second-order valence-corrected chi connectivity index (χ2v) is 7.33. The average molecular weight is 368 g/mol. The number of nitrogens with zero attached hydrogens (tertiary/aromatic N) is 4. The van der Waals surface area contributed by atoms with E-state index in [-0.39, 0.29) is 5.82 Å². The summed E-state index contributed by atoms with van der Waals surface area (Å²) < 4.78 is 17.8. The molecule has 4 nitrogen and oxygen atoms in total. The lowest BCUT2D eigenvalue weighted by Crippen LogP contribution is -2.46. The Balaban J connectivity index is 1.39. The number of anilines is 1. The summed E-state index contributed by atoms with van der Waals surface area (Å²) in [6.45, 7) is 7.03. The fourth-order valence-corrected chi connectivity index (χ4v) is 3.95. The maximum absolute atomic E-state index is 13.4. The van der Waals surface area contributed by atoms with Gasteiger partial charge in [0.2, 0.25) is 5.13 Å². The molecule has 0 aliphatic carbocycles. The molecule has 1 saturated heterocycles. The maximum Gasteiger partial charge on any atom is 0.205 e. The highest BCUT2D eigenvalue weighted by atomic mass is 32.1. The first kappa shape index (κ1) is 17.1. The molecule has 2 aromatic carbocycles. The third-order valence-corrected chi connectivity index (χ3v) is 5.57. The smallest absolute Gasteiger partial charge is 0.205 e. The Morgan fingerprint density at radius 2 is 1.85 bits per heavy atom. The molecule has 0 atom stereocenters. The van der Waals surface area contributed by atoms with Gasteiger partial charge in [0.15, 0.2) is 5.82 Å². The Bertz CT molecular complexity index is 887. The normalized spacial score (nSPS) is 15.4. The zero-order valence-corrected chi connectivity index (χ0v) is 15.5. The molecule has 4 rings (SSSR count). The number of benzene rings is 2. The van der Waals surface area contributed by atoms with Crippen molar-refractivity contribution in [2.75, 3.05) is 31.1 Å². The highest BCUT2D eigenvalue weighted by Crippen LogP contribution is 2.25. The zero-order valence-electron chi connectivity index (χ0n) is 14.7. The van der Waals surface area contributed by atoms with Crippen LogP contribution in [0.1, 0.15) is 11.1 Å². The number of piperazine rings is 1. The van der Waals surface area contributed by atoms with E-state index in [1.165, 1.54) is 34.8 Å². The molecule has 0 saturated carbocycles. The van der Waals surface area contributed by atoms with Crippen molar-refractivity contribution in [1.29, 1.82) is 0 Å². The van der Waals surface area contributed by atoms with Crippen molar-refractivity contribution in [3.8, 4) is 11.4 Å². The van der Waals surface area contributed by atoms with Gasteiger partial charge >= 0.3 is 0 Å². The minimum atomic E-state index is -0.260. The van der Waals surface area contributed by atoms with Crippen molar-refractivity contribution in [2.45, 2.75) is 13.5 Å². The number of halogens is 1. The molecule has 1 aromatic heterocycles. The molecule has 0 spiro atoms. The number of aryl methyl sites for hydroxylation is 1. The molecule has 2 heterocycles. The second-order valence-electron chi connectivity index (χ2n) is 6.60. The summed E-state index contributed by atoms with van der Waals surface area (Å²) in [6, 6.07) is 15.0. The maximum atomic E-state index is 13.4. The molecule has 6 heteroatoms. The van der Waals surface area contributed by atoms with E-state index in [1.54, 1.807) is 6.07 Å². The topological polar surface area (TPSA) is 32.3 Å². The molecule has 26 heavy (non-hydrogen) atoms. The average Bonchev–Trinajstić information content (AvgIpc) is 3.14. The van der Waals surface area contributed by atoms with Gasteiger partial charge in [-0.25, -0.2) is 4.39 Å². The van der Waals surface area contributed by atoms with Crippen LogP contribution in [0.25, 0.3) is 11.4 Å². The minimum absolute atomic E-state index is 0.260. The monoisotopic (exact) mass is 368 g/mol. The molecule has 0 radical (unpaired) electrons. The third-order valence-electron chi connectivity index (χ3n) is 4.80. The third kappa shape index (κ3) is 3.76. The highest BCUT2D eigenvalue weighted by Gasteiger charge is 2.20. The van der Waals surface area contributed by atoms with E-state index in [9.17, 15) is 4.39 Å². The van der Waals surface area contributed by atoms with Gasteiger partial charge in [0, 0.05) is 49.8 Å². The van der Waals surface area contributed by atoms with Crippen molar-refractivity contribution < 1.29 is 4.39 Å². The van der Waals surface area contributed by atoms with E-state index >= 15 is 0 Å². The molecule has 3 aromatic rings. The van der Waals surface area contributed by atoms with E-state index in [4.69, 9.17) is 0 Å². The molecule has 0 bridgehead atoms. The van der Waals surface area contributed by atoms with E-state index in [1.807, 2.05) is 6.07 Å². The Morgan fingerprint density at radius 3 is 2.62 bits per heavy atom. The fraction of sp³-hybridized carbons (Fsp3) is 0.300. The highest BCUT2D eigenvalue weighted by molar-refractivity contribution is 7.09. The predicted octanol–water partition coefficient (Wildman–Crippen LogP) is 3.97. The largest absolute Gasteiger partial charge is 0.344 e. The van der Waals surface area contributed by atoms with Crippen molar-refractivity contribution in [3.05, 3.63) is 65.5 Å². The van der Waals surface area contributed by atoms with Gasteiger partial charge in [0.05, 0.1) is 0 Å². The van der Waals surface area contributed by atoms with Crippen LogP contribution in [0.4, 0.5) is 9.52 Å². The predicted molar refractivity (Wildman–Crippen MR) is 104 cm³/mol. The summed E-state index contributed by atoms with van der Waals surface area (Å²) in [5.41, 5.74) is 3.47. The molecule has 0 amide bonds. The van der Waals surface area contributed by atoms with Crippen LogP contribution in [0.15, 0.2) is 48.5 Å². The van der Waals surface area contributed by atoms with Gasteiger partial charge in [-0.2, -0.15) is 9.36 Å². The zero-order chi connectivity index (χ0) is 17.9. The van der Waals surface area contributed by atoms with Gasteiger partial charge < -0.3 is 4.90 Å². The van der Waals surface area contributed by atoms with Crippen LogP contribution in [0.3, 0.4) is 0 Å². The van der Waals surface area contributed by atoms with Gasteiger partial charge in [-0.05, 0) is 30.2 Å². The van der Waals surface area contributed by atoms with E-state index < -0.39 is 0 Å². The molecule has 1 fully saturated rings. The summed E-state index contributed by atoms with van der Waals surface area (Å²) in [4.78, 5) is 9.37. The number of aromatic nitrogens is 2. The summed E-state index contributed by atoms with van der Waals surface area (Å²) in [6.07, 6.45) is 0. The first-order valence-corrected chi connectivity index (χ1v) is 9.58. The van der Waals surface area contributed by atoms with Gasteiger partial charge in [-0.15, -0.1) is 0 Å². The standard InChI is InChI=1S/C20H21FN4S/c1-15-5-2-3-6-17(15)14-24-9-11-25(12-10-24)20-22-19(23-26-20)16-7-4-8-18(21)13-16/h2-8,13H,9-12,14H2,1H3. The van der Waals surface area contributed by atoms with E-state index in [2.05, 4.69) is 50.3 Å². The molecule has 1 aliphatic heterocycles. The Kier molecular flexibility index (Phi) is 4.95. The van der Waals surface area contributed by atoms with Crippen LogP contribution in [0.2, 0.25) is 0 Å². The second kappa shape index (κ2) is 7.51. The molecular weight excluding hydrogens is 347 g/mol. The van der Waals surface area contributed by atoms with Gasteiger partial charge in [-0.3, -0.25) is 4.90 Å². The molecule has 1 aliphatic rings. The summed E-state index contributed by atoms with van der Waals surface area (Å²) in [5, 5.41) is 0.916. The van der Waals surface area contributed by atoms with Crippen molar-refractivity contribution in [2.24, 2.45) is 0 Å². The fourth-order valence-electron chi connectivity index (χ4n) is 3.21. The van der Waals surface area contributed by atoms with Crippen LogP contribution < -0.4 is 4.90 Å². The Morgan fingerprint density at radius 1 is 1.04 bits per heavy atom. The van der Waals surface area contributed by atoms with Gasteiger partial charge in [0.1, 0.15) is 5.82 Å². The van der Waals surface area contributed by atoms with Crippen LogP contribution in [0.5, 0.6) is 0 Å². The lowest BCUT2D eigenvalue weighted by atomic mass is 10.1. The summed E-state index contributed by atoms with van der Waals surface area (Å²) in [5.74, 6) is 0.343. The van der Waals surface area contributed by atoms with Crippen LogP contribution in [-0.4, -0.2) is 40.4 Å². The van der Waals surface area contributed by atoms with Crippen LogP contribution >= 0.6 is 11.5 Å². The van der Waals surface area contributed by atoms with Crippen LogP contribution in [-0.2, 0) is 6.54 Å². The molecular formula is C20H21FN4S. The lowest BCUT2D eigenvalue weighted by Gasteiger charge is -2.34. The Labute approximate surface area is 157 Å². The van der Waals surface area contributed by atoms with Gasteiger partial charge in [-0.1, -0.05) is 36.4 Å². The number of hydrogen-bond donors (Lipinski definition) is 0. The van der Waals surface area contributed by atoms with Crippen molar-refractivity contribution in [3.63, 3.8) is 0 Å². The van der Waals surface area contributed by atoms with E-state index in [0.29, 0.717) is 5.82 Å². The SMILES string of the molecule is Cc1ccccc1CN1CCN(c2nc(-c3cccc(F)c3)ns2)CC1. The minimum Gasteiger partial charge on any atom is -0.344 e. The number of hydrogen-bond acceptors (Lipinski definition) is 5. The first-order chi connectivity index (χ1) is 12.7. The molecule has 0 N–H and O–H groups in total. The Hall–Kier alpha value is -2.31. The molecule has 134 valence electrons. The van der Waals surface area contributed by atoms with Crippen molar-refractivity contribution in [1.82, 2.24) is 14.3 Å². The lowest BCUT2D eigenvalue weighted by molar-refractivity contribution is 0.249. The first-order valence-electron chi connectivity index (χ1n) is 8.80. The summed E-state index contributed by atoms with van der Waals surface area (Å²) in [7, 11) is 0.